The summed E-state index contributed by atoms with van der Waals surface area (Å²) in [5, 5.41) is 2.01. The van der Waals surface area contributed by atoms with E-state index in [2.05, 4.69) is 0 Å². The lowest BCUT2D eigenvalue weighted by molar-refractivity contribution is 0.102. The Morgan fingerprint density at radius 3 is 3.00 bits per heavy atom. The molecule has 2 aromatic rings. The van der Waals surface area contributed by atoms with E-state index in [-0.39, 0.29) is 12.6 Å². The molecule has 3 rings (SSSR count). The fourth-order valence-corrected chi connectivity index (χ4v) is 3.31. The number of thioether (sulfide) groups is 1. The smallest absolute Gasteiger partial charge is 0.231 e. The molecule has 0 saturated heterocycles. The van der Waals surface area contributed by atoms with Crippen molar-refractivity contribution < 1.29 is 14.3 Å². The van der Waals surface area contributed by atoms with Crippen molar-refractivity contribution in [2.75, 3.05) is 12.5 Å². The number of rotatable bonds is 4. The van der Waals surface area contributed by atoms with Gasteiger partial charge in [0.2, 0.25) is 6.79 Å². The number of ketones is 1. The van der Waals surface area contributed by atoms with E-state index in [0.717, 1.165) is 4.21 Å². The Kier molecular flexibility index (Phi) is 3.25. The molecule has 0 fully saturated rings. The number of hydrogen-bond donors (Lipinski definition) is 0. The van der Waals surface area contributed by atoms with Crippen molar-refractivity contribution in [3.8, 4) is 11.5 Å². The number of carbonyl (C=O) groups excluding carboxylic acids is 1. The highest BCUT2D eigenvalue weighted by Crippen LogP contribution is 2.33. The van der Waals surface area contributed by atoms with Gasteiger partial charge in [0, 0.05) is 5.56 Å². The molecule has 18 heavy (non-hydrogen) atoms. The van der Waals surface area contributed by atoms with Crippen LogP contribution in [-0.2, 0) is 0 Å². The largest absolute Gasteiger partial charge is 0.454 e. The Labute approximate surface area is 113 Å². The average Bonchev–Trinajstić information content (AvgIpc) is 3.05. The lowest BCUT2D eigenvalue weighted by Gasteiger charge is -2.01. The van der Waals surface area contributed by atoms with Crippen molar-refractivity contribution in [3.05, 3.63) is 41.3 Å². The molecule has 0 unspecified atom stereocenters. The first-order valence-electron chi connectivity index (χ1n) is 5.42. The minimum atomic E-state index is 0.103. The quantitative estimate of drug-likeness (QED) is 0.634. The molecule has 1 aromatic carbocycles. The normalized spacial score (nSPS) is 12.7. The second-order valence-electron chi connectivity index (χ2n) is 3.71. The van der Waals surface area contributed by atoms with Crippen LogP contribution in [0.5, 0.6) is 11.5 Å². The van der Waals surface area contributed by atoms with Gasteiger partial charge in [0.1, 0.15) is 0 Å². The molecule has 0 bridgehead atoms. The van der Waals surface area contributed by atoms with Crippen LogP contribution in [-0.4, -0.2) is 18.3 Å². The number of hydrogen-bond acceptors (Lipinski definition) is 5. The second-order valence-corrected chi connectivity index (χ2v) is 5.94. The molecule has 0 N–H and O–H groups in total. The van der Waals surface area contributed by atoms with E-state index in [1.807, 2.05) is 17.5 Å². The second kappa shape index (κ2) is 5.04. The molecule has 1 aromatic heterocycles. The van der Waals surface area contributed by atoms with Crippen LogP contribution in [0.1, 0.15) is 10.4 Å². The van der Waals surface area contributed by atoms with Gasteiger partial charge in [0.15, 0.2) is 17.3 Å². The summed E-state index contributed by atoms with van der Waals surface area (Å²) in [5.41, 5.74) is 0.670. The van der Waals surface area contributed by atoms with Gasteiger partial charge in [-0.25, -0.2) is 0 Å². The Bertz CT molecular complexity index is 564. The summed E-state index contributed by atoms with van der Waals surface area (Å²) in [6, 6.07) is 9.32. The van der Waals surface area contributed by atoms with Gasteiger partial charge in [-0.3, -0.25) is 4.79 Å². The maximum atomic E-state index is 12.0. The van der Waals surface area contributed by atoms with E-state index in [4.69, 9.17) is 9.47 Å². The van der Waals surface area contributed by atoms with E-state index in [9.17, 15) is 4.79 Å². The lowest BCUT2D eigenvalue weighted by Crippen LogP contribution is -2.01. The molecule has 1 aliphatic rings. The number of benzene rings is 1. The lowest BCUT2D eigenvalue weighted by atomic mass is 10.1. The number of ether oxygens (including phenoxy) is 2. The van der Waals surface area contributed by atoms with Crippen molar-refractivity contribution >= 4 is 28.9 Å². The Morgan fingerprint density at radius 1 is 1.28 bits per heavy atom. The van der Waals surface area contributed by atoms with Crippen LogP contribution in [0.25, 0.3) is 0 Å². The zero-order valence-corrected chi connectivity index (χ0v) is 11.1. The molecule has 0 radical (unpaired) electrons. The predicted octanol–water partition coefficient (Wildman–Crippen LogP) is 3.45. The molecular formula is C13H10O3S2. The van der Waals surface area contributed by atoms with E-state index in [1.54, 1.807) is 41.3 Å². The molecule has 0 atom stereocenters. The highest BCUT2D eigenvalue weighted by Gasteiger charge is 2.16. The zero-order chi connectivity index (χ0) is 12.4. The van der Waals surface area contributed by atoms with Crippen LogP contribution in [0, 0.1) is 0 Å². The summed E-state index contributed by atoms with van der Waals surface area (Å²) < 4.78 is 11.6. The Hall–Kier alpha value is -1.46. The van der Waals surface area contributed by atoms with Crippen LogP contribution in [0.15, 0.2) is 39.9 Å². The van der Waals surface area contributed by atoms with Crippen molar-refractivity contribution in [3.63, 3.8) is 0 Å². The van der Waals surface area contributed by atoms with Crippen LogP contribution in [0.2, 0.25) is 0 Å². The van der Waals surface area contributed by atoms with Crippen molar-refractivity contribution in [2.24, 2.45) is 0 Å². The molecule has 3 nitrogen and oxygen atoms in total. The molecule has 0 aliphatic carbocycles. The highest BCUT2D eigenvalue weighted by atomic mass is 32.2. The van der Waals surface area contributed by atoms with Crippen molar-refractivity contribution in [1.29, 1.82) is 0 Å². The van der Waals surface area contributed by atoms with E-state index in [0.29, 0.717) is 22.8 Å². The van der Waals surface area contributed by atoms with Crippen LogP contribution < -0.4 is 9.47 Å². The predicted molar refractivity (Wildman–Crippen MR) is 71.9 cm³/mol. The highest BCUT2D eigenvalue weighted by molar-refractivity contribution is 8.01. The molecular weight excluding hydrogens is 268 g/mol. The van der Waals surface area contributed by atoms with Crippen LogP contribution >= 0.6 is 23.1 Å². The van der Waals surface area contributed by atoms with Gasteiger partial charge in [-0.05, 0) is 29.6 Å². The third-order valence-corrected chi connectivity index (χ3v) is 4.67. The van der Waals surface area contributed by atoms with E-state index >= 15 is 0 Å². The third kappa shape index (κ3) is 2.37. The van der Waals surface area contributed by atoms with Gasteiger partial charge in [-0.1, -0.05) is 6.07 Å². The van der Waals surface area contributed by atoms with E-state index < -0.39 is 0 Å². The van der Waals surface area contributed by atoms with Crippen LogP contribution in [0.4, 0.5) is 0 Å². The van der Waals surface area contributed by atoms with Gasteiger partial charge >= 0.3 is 0 Å². The first kappa shape index (κ1) is 11.6. The van der Waals surface area contributed by atoms with Gasteiger partial charge < -0.3 is 9.47 Å². The molecule has 92 valence electrons. The standard InChI is InChI=1S/C13H10O3S2/c14-10(7-18-13-2-1-5-17-13)9-3-4-11-12(6-9)16-8-15-11/h1-6H,7-8H2. The van der Waals surface area contributed by atoms with Gasteiger partial charge in [-0.2, -0.15) is 0 Å². The molecule has 0 spiro atoms. The summed E-state index contributed by atoms with van der Waals surface area (Å²) in [7, 11) is 0. The Balaban J connectivity index is 1.69. The van der Waals surface area contributed by atoms with Gasteiger partial charge in [0.05, 0.1) is 9.96 Å². The monoisotopic (exact) mass is 278 g/mol. The fourth-order valence-electron chi connectivity index (χ4n) is 1.64. The Morgan fingerprint density at radius 2 is 2.17 bits per heavy atom. The third-order valence-electron chi connectivity index (χ3n) is 2.54. The first-order chi connectivity index (χ1) is 8.83. The van der Waals surface area contributed by atoms with Crippen LogP contribution in [0.3, 0.4) is 0 Å². The topological polar surface area (TPSA) is 35.5 Å². The minimum absolute atomic E-state index is 0.103. The maximum absolute atomic E-state index is 12.0. The van der Waals surface area contributed by atoms with Crippen molar-refractivity contribution in [1.82, 2.24) is 0 Å². The summed E-state index contributed by atoms with van der Waals surface area (Å²) in [6.45, 7) is 0.233. The van der Waals surface area contributed by atoms with Gasteiger partial charge in [-0.15, -0.1) is 23.1 Å². The fraction of sp³-hybridized carbons (Fsp3) is 0.154. The summed E-state index contributed by atoms with van der Waals surface area (Å²) in [6.07, 6.45) is 0. The molecule has 1 aliphatic heterocycles. The zero-order valence-electron chi connectivity index (χ0n) is 9.42. The molecule has 0 amide bonds. The van der Waals surface area contributed by atoms with Gasteiger partial charge in [0.25, 0.3) is 0 Å². The minimum Gasteiger partial charge on any atom is -0.454 e. The molecule has 0 saturated carbocycles. The average molecular weight is 278 g/mol. The maximum Gasteiger partial charge on any atom is 0.231 e. The molecule has 5 heteroatoms. The first-order valence-corrected chi connectivity index (χ1v) is 7.28. The van der Waals surface area contributed by atoms with Crippen molar-refractivity contribution in [2.45, 2.75) is 4.21 Å². The number of carbonyl (C=O) groups is 1. The number of Topliss-reactive ketones (excluding diaryl/α,β-unsaturated/α-hetero) is 1. The summed E-state index contributed by atoms with van der Waals surface area (Å²) in [5.74, 6) is 1.91. The van der Waals surface area contributed by atoms with E-state index in [1.165, 1.54) is 0 Å². The SMILES string of the molecule is O=C(CSc1cccs1)c1ccc2c(c1)OCO2. The number of fused-ring (bicyclic) bond motifs is 1. The summed E-state index contributed by atoms with van der Waals surface area (Å²) in [4.78, 5) is 12.0. The number of thiophene rings is 1. The summed E-state index contributed by atoms with van der Waals surface area (Å²) >= 11 is 3.21. The molecule has 2 heterocycles.